The largest absolute Gasteiger partial charge is 1.00 e. The molecule has 0 radical (unpaired) electrons. The van der Waals surface area contributed by atoms with Crippen molar-refractivity contribution in [2.24, 2.45) is 0 Å². The predicted molar refractivity (Wildman–Crippen MR) is 115 cm³/mol. The maximum Gasteiger partial charge on any atom is -1.00 e. The van der Waals surface area contributed by atoms with Crippen LogP contribution in [0.5, 0.6) is 0 Å². The van der Waals surface area contributed by atoms with E-state index in [4.69, 9.17) is 9.16 Å². The van der Waals surface area contributed by atoms with E-state index in [9.17, 15) is 0 Å². The first-order chi connectivity index (χ1) is 13.4. The Bertz CT molecular complexity index is 980. The average molecular weight is 538 g/mol. The third kappa shape index (κ3) is 5.05. The van der Waals surface area contributed by atoms with Crippen LogP contribution in [-0.2, 0) is 33.9 Å². The molecule has 6 heteroatoms. The molecule has 2 aliphatic carbocycles. The number of allylic oxidation sites excluding steroid dienone is 3. The number of benzene rings is 2. The molecule has 0 amide bonds. The molecule has 2 nitrogen and oxygen atoms in total. The van der Waals surface area contributed by atoms with Crippen LogP contribution < -0.4 is 28.1 Å². The van der Waals surface area contributed by atoms with Gasteiger partial charge in [-0.15, -0.1) is 0 Å². The molecule has 0 bridgehead atoms. The molecule has 1 atom stereocenters. The standard InChI is InChI=1S/C24H27O2Si.2ClH.Zr/c1-17-19-8-5-6-9-21(19)22-13-12-18(16-23(17)22)20-10-7-11-24(20)25-14-15-26-27(2,3)4;;;/h5-9,11-13,17H,10,14-15H2,1-4H3;2*1H;/q;;;+2/p-2. The van der Waals surface area contributed by atoms with E-state index in [1.165, 1.54) is 61.4 Å². The molecule has 0 saturated carbocycles. The molecule has 0 aliphatic heterocycles. The third-order valence-corrected chi connectivity index (χ3v) is 7.88. The zero-order valence-electron chi connectivity index (χ0n) is 17.9. The van der Waals surface area contributed by atoms with Crippen molar-refractivity contribution in [3.63, 3.8) is 0 Å². The molecule has 2 aromatic rings. The monoisotopic (exact) mass is 535 g/mol. The van der Waals surface area contributed by atoms with Crippen LogP contribution >= 0.6 is 0 Å². The quantitative estimate of drug-likeness (QED) is 0.367. The van der Waals surface area contributed by atoms with Crippen LogP contribution in [0.15, 0.2) is 54.3 Å². The second-order valence-corrected chi connectivity index (χ2v) is 14.3. The van der Waals surface area contributed by atoms with Crippen molar-refractivity contribution < 1.29 is 58.7 Å². The molecule has 2 aromatic carbocycles. The minimum atomic E-state index is -1.48. The summed E-state index contributed by atoms with van der Waals surface area (Å²) in [5, 5.41) is 0. The number of rotatable bonds is 6. The van der Waals surface area contributed by atoms with Crippen molar-refractivity contribution in [2.45, 2.75) is 38.9 Å². The predicted octanol–water partition coefficient (Wildman–Crippen LogP) is -0.462. The topological polar surface area (TPSA) is 18.5 Å². The Morgan fingerprint density at radius 2 is 1.67 bits per heavy atom. The van der Waals surface area contributed by atoms with Gasteiger partial charge >= 0.3 is 185 Å². The van der Waals surface area contributed by atoms with Crippen LogP contribution in [0.1, 0.15) is 36.0 Å². The minimum absolute atomic E-state index is 0. The van der Waals surface area contributed by atoms with Gasteiger partial charge in [-0.25, -0.2) is 0 Å². The van der Waals surface area contributed by atoms with Gasteiger partial charge in [0.15, 0.2) is 0 Å². The Morgan fingerprint density at radius 1 is 0.967 bits per heavy atom. The maximum atomic E-state index is 6.13. The third-order valence-electron chi connectivity index (χ3n) is 5.49. The molecule has 0 N–H and O–H groups in total. The summed E-state index contributed by atoms with van der Waals surface area (Å²) < 4.78 is 13.5. The molecule has 157 valence electrons. The summed E-state index contributed by atoms with van der Waals surface area (Å²) in [5.74, 6) is 1.48. The Morgan fingerprint density at radius 3 is 2.40 bits per heavy atom. The van der Waals surface area contributed by atoms with E-state index < -0.39 is 8.32 Å². The van der Waals surface area contributed by atoms with Gasteiger partial charge < -0.3 is 24.8 Å². The maximum absolute atomic E-state index is 6.13. The van der Waals surface area contributed by atoms with Gasteiger partial charge in [0.2, 0.25) is 0 Å². The van der Waals surface area contributed by atoms with Gasteiger partial charge in [-0.3, -0.25) is 0 Å². The Balaban J connectivity index is 0.00000160. The zero-order valence-corrected chi connectivity index (χ0v) is 22.9. The van der Waals surface area contributed by atoms with E-state index >= 15 is 0 Å². The minimum Gasteiger partial charge on any atom is -1.00 e. The number of halogens is 2. The van der Waals surface area contributed by atoms with Crippen LogP contribution in [0.3, 0.4) is 0 Å². The fourth-order valence-corrected chi connectivity index (χ4v) is 6.33. The fraction of sp³-hybridized carbons (Fsp3) is 0.333. The second-order valence-electron chi connectivity index (χ2n) is 8.52. The summed E-state index contributed by atoms with van der Waals surface area (Å²) in [5.41, 5.74) is 8.47. The van der Waals surface area contributed by atoms with E-state index in [0.717, 1.165) is 12.2 Å². The van der Waals surface area contributed by atoms with Gasteiger partial charge in [0.1, 0.15) is 0 Å². The van der Waals surface area contributed by atoms with Crippen molar-refractivity contribution in [1.82, 2.24) is 0 Å². The van der Waals surface area contributed by atoms with Crippen LogP contribution in [0.4, 0.5) is 0 Å². The van der Waals surface area contributed by atoms with Crippen molar-refractivity contribution in [3.05, 3.63) is 71.0 Å². The molecule has 4 rings (SSSR count). The Hall–Kier alpha value is -0.640. The fourth-order valence-electron chi connectivity index (χ4n) is 4.19. The number of hydrogen-bond acceptors (Lipinski definition) is 2. The van der Waals surface area contributed by atoms with Gasteiger partial charge in [-0.05, 0) is 0 Å². The van der Waals surface area contributed by atoms with Crippen LogP contribution in [0, 0.1) is 0 Å². The van der Waals surface area contributed by atoms with Gasteiger partial charge in [-0.2, -0.15) is 0 Å². The molecule has 0 aromatic heterocycles. The summed E-state index contributed by atoms with van der Waals surface area (Å²) in [6.07, 6.45) is 5.29. The molecule has 2 aliphatic rings. The molecule has 0 fully saturated rings. The molecular formula is C24H27Cl2O2SiZr. The molecule has 0 heterocycles. The second kappa shape index (κ2) is 10.3. The van der Waals surface area contributed by atoms with Crippen molar-refractivity contribution in [3.8, 4) is 11.1 Å². The SMILES string of the molecule is CC1c2ccccc2-c2ccc(C3=C(OCCO[Si](C)(C)C)C=CC3)[c]([Zr+2])c21.[Cl-].[Cl-]. The van der Waals surface area contributed by atoms with Gasteiger partial charge in [0.25, 0.3) is 0 Å². The van der Waals surface area contributed by atoms with Gasteiger partial charge in [0, 0.05) is 0 Å². The Kier molecular flexibility index (Phi) is 8.81. The molecule has 0 saturated heterocycles. The van der Waals surface area contributed by atoms with Gasteiger partial charge in [-0.1, -0.05) is 0 Å². The summed E-state index contributed by atoms with van der Waals surface area (Å²) in [4.78, 5) is 0. The van der Waals surface area contributed by atoms with E-state index in [-0.39, 0.29) is 24.8 Å². The zero-order chi connectivity index (χ0) is 19.9. The van der Waals surface area contributed by atoms with E-state index in [2.05, 4.69) is 75.1 Å². The van der Waals surface area contributed by atoms with E-state index in [0.29, 0.717) is 19.1 Å². The molecule has 30 heavy (non-hydrogen) atoms. The number of fused-ring (bicyclic) bond motifs is 3. The Labute approximate surface area is 208 Å². The van der Waals surface area contributed by atoms with Crippen molar-refractivity contribution >= 4 is 17.2 Å². The molecule has 1 unspecified atom stereocenters. The number of ether oxygens (including phenoxy) is 1. The van der Waals surface area contributed by atoms with Crippen LogP contribution in [0.25, 0.3) is 16.7 Å². The van der Waals surface area contributed by atoms with Crippen molar-refractivity contribution in [1.29, 1.82) is 0 Å². The first-order valence-corrected chi connectivity index (χ1v) is 14.6. The van der Waals surface area contributed by atoms with Crippen molar-refractivity contribution in [2.75, 3.05) is 13.2 Å². The summed E-state index contributed by atoms with van der Waals surface area (Å²) in [6, 6.07) is 13.5. The van der Waals surface area contributed by atoms with E-state index in [1.807, 2.05) is 0 Å². The summed E-state index contributed by atoms with van der Waals surface area (Å²) in [6.45, 7) is 10.3. The van der Waals surface area contributed by atoms with Crippen LogP contribution in [0.2, 0.25) is 19.6 Å². The summed E-state index contributed by atoms with van der Waals surface area (Å²) in [7, 11) is -1.48. The first kappa shape index (κ1) is 25.6. The molecular weight excluding hydrogens is 510 g/mol. The summed E-state index contributed by atoms with van der Waals surface area (Å²) >= 11 is 1.47. The first-order valence-electron chi connectivity index (χ1n) is 10.0. The van der Waals surface area contributed by atoms with E-state index in [1.54, 1.807) is 0 Å². The normalized spacial score (nSPS) is 16.7. The van der Waals surface area contributed by atoms with Gasteiger partial charge in [0.05, 0.1) is 0 Å². The molecule has 0 spiro atoms. The smallest absolute Gasteiger partial charge is 1.00 e. The average Bonchev–Trinajstić information content (AvgIpc) is 3.22. The van der Waals surface area contributed by atoms with Crippen LogP contribution in [-0.4, -0.2) is 21.5 Å². The number of hydrogen-bond donors (Lipinski definition) is 0.